The van der Waals surface area contributed by atoms with Crippen molar-refractivity contribution in [3.05, 3.63) is 0 Å². The lowest BCUT2D eigenvalue weighted by Crippen LogP contribution is -2.34. The summed E-state index contributed by atoms with van der Waals surface area (Å²) >= 11 is 2.11. The SMILES string of the molecule is CNC(CCC1CCCO1)C1CCSC1. The van der Waals surface area contributed by atoms with Gasteiger partial charge in [0.2, 0.25) is 0 Å². The van der Waals surface area contributed by atoms with Crippen LogP contribution in [-0.4, -0.2) is 37.3 Å². The van der Waals surface area contributed by atoms with Crippen LogP contribution in [0.1, 0.15) is 32.1 Å². The maximum absolute atomic E-state index is 5.68. The van der Waals surface area contributed by atoms with Crippen molar-refractivity contribution in [1.29, 1.82) is 0 Å². The highest BCUT2D eigenvalue weighted by molar-refractivity contribution is 7.99. The van der Waals surface area contributed by atoms with Gasteiger partial charge in [-0.15, -0.1) is 0 Å². The zero-order valence-electron chi connectivity index (χ0n) is 9.71. The maximum Gasteiger partial charge on any atom is 0.0576 e. The second kappa shape index (κ2) is 6.12. The molecule has 3 atom stereocenters. The van der Waals surface area contributed by atoms with E-state index in [4.69, 9.17) is 4.74 Å². The fourth-order valence-corrected chi connectivity index (χ4v) is 4.06. The summed E-state index contributed by atoms with van der Waals surface area (Å²) in [5, 5.41) is 3.50. The number of ether oxygens (including phenoxy) is 1. The summed E-state index contributed by atoms with van der Waals surface area (Å²) in [6.45, 7) is 0.994. The van der Waals surface area contributed by atoms with Crippen LogP contribution in [0.3, 0.4) is 0 Å². The zero-order valence-corrected chi connectivity index (χ0v) is 10.5. The van der Waals surface area contributed by atoms with Crippen LogP contribution in [0.25, 0.3) is 0 Å². The Morgan fingerprint density at radius 3 is 3.00 bits per heavy atom. The standard InChI is InChI=1S/C12H23NOS/c1-13-12(10-6-8-15-9-10)5-4-11-3-2-7-14-11/h10-13H,2-9H2,1H3. The van der Waals surface area contributed by atoms with Crippen molar-refractivity contribution < 1.29 is 4.74 Å². The summed E-state index contributed by atoms with van der Waals surface area (Å²) in [5.41, 5.74) is 0. The predicted molar refractivity (Wildman–Crippen MR) is 66.5 cm³/mol. The Labute approximate surface area is 97.5 Å². The van der Waals surface area contributed by atoms with E-state index in [0.29, 0.717) is 6.10 Å². The molecule has 2 aliphatic heterocycles. The van der Waals surface area contributed by atoms with Crippen LogP contribution in [0, 0.1) is 5.92 Å². The molecule has 0 amide bonds. The Morgan fingerprint density at radius 2 is 2.40 bits per heavy atom. The van der Waals surface area contributed by atoms with E-state index in [-0.39, 0.29) is 0 Å². The highest BCUT2D eigenvalue weighted by atomic mass is 32.2. The first-order valence-electron chi connectivity index (χ1n) is 6.26. The molecule has 15 heavy (non-hydrogen) atoms. The van der Waals surface area contributed by atoms with Gasteiger partial charge in [0.05, 0.1) is 6.10 Å². The zero-order chi connectivity index (χ0) is 10.5. The average Bonchev–Trinajstić information content (AvgIpc) is 2.90. The molecule has 0 saturated carbocycles. The third-order valence-electron chi connectivity index (χ3n) is 3.73. The first-order chi connectivity index (χ1) is 7.40. The van der Waals surface area contributed by atoms with E-state index in [1.54, 1.807) is 0 Å². The van der Waals surface area contributed by atoms with Crippen LogP contribution in [-0.2, 0) is 4.74 Å². The lowest BCUT2D eigenvalue weighted by molar-refractivity contribution is 0.0980. The maximum atomic E-state index is 5.68. The van der Waals surface area contributed by atoms with Crippen molar-refractivity contribution in [3.8, 4) is 0 Å². The Morgan fingerprint density at radius 1 is 1.47 bits per heavy atom. The molecule has 0 spiro atoms. The monoisotopic (exact) mass is 229 g/mol. The number of hydrogen-bond acceptors (Lipinski definition) is 3. The van der Waals surface area contributed by atoms with Crippen LogP contribution in [0.4, 0.5) is 0 Å². The summed E-state index contributed by atoms with van der Waals surface area (Å²) in [5.74, 6) is 3.63. The van der Waals surface area contributed by atoms with Gasteiger partial charge in [0, 0.05) is 12.6 Å². The molecule has 2 aliphatic rings. The summed E-state index contributed by atoms with van der Waals surface area (Å²) in [6, 6.07) is 0.726. The molecule has 1 N–H and O–H groups in total. The lowest BCUT2D eigenvalue weighted by atomic mass is 9.93. The van der Waals surface area contributed by atoms with Gasteiger partial charge in [-0.1, -0.05) is 0 Å². The molecule has 2 saturated heterocycles. The largest absolute Gasteiger partial charge is 0.378 e. The van der Waals surface area contributed by atoms with E-state index in [0.717, 1.165) is 18.6 Å². The van der Waals surface area contributed by atoms with Gasteiger partial charge in [-0.3, -0.25) is 0 Å². The molecule has 0 aromatic carbocycles. The first-order valence-corrected chi connectivity index (χ1v) is 7.42. The van der Waals surface area contributed by atoms with Gasteiger partial charge < -0.3 is 10.1 Å². The quantitative estimate of drug-likeness (QED) is 0.781. The predicted octanol–water partition coefficient (Wildman–Crippen LogP) is 2.29. The van der Waals surface area contributed by atoms with E-state index in [2.05, 4.69) is 24.1 Å². The van der Waals surface area contributed by atoms with E-state index >= 15 is 0 Å². The molecule has 2 fully saturated rings. The van der Waals surface area contributed by atoms with Crippen LogP contribution in [0.2, 0.25) is 0 Å². The van der Waals surface area contributed by atoms with Crippen LogP contribution in [0.5, 0.6) is 0 Å². The van der Waals surface area contributed by atoms with E-state index in [1.165, 1.54) is 43.6 Å². The number of rotatable bonds is 5. The second-order valence-corrected chi connectivity index (χ2v) is 5.88. The minimum absolute atomic E-state index is 0.565. The van der Waals surface area contributed by atoms with Crippen LogP contribution in [0.15, 0.2) is 0 Å². The molecule has 0 bridgehead atoms. The molecule has 0 radical (unpaired) electrons. The first kappa shape index (κ1) is 11.7. The number of thioether (sulfide) groups is 1. The molecule has 0 aromatic heterocycles. The van der Waals surface area contributed by atoms with E-state index in [9.17, 15) is 0 Å². The van der Waals surface area contributed by atoms with Crippen molar-refractivity contribution in [2.75, 3.05) is 25.2 Å². The van der Waals surface area contributed by atoms with Gasteiger partial charge in [-0.05, 0) is 56.6 Å². The van der Waals surface area contributed by atoms with Crippen LogP contribution >= 0.6 is 11.8 Å². The molecule has 0 aromatic rings. The van der Waals surface area contributed by atoms with Gasteiger partial charge in [-0.2, -0.15) is 11.8 Å². The Balaban J connectivity index is 1.69. The van der Waals surface area contributed by atoms with Crippen molar-refractivity contribution in [2.45, 2.75) is 44.2 Å². The topological polar surface area (TPSA) is 21.3 Å². The molecule has 3 heteroatoms. The van der Waals surface area contributed by atoms with Gasteiger partial charge >= 0.3 is 0 Å². The van der Waals surface area contributed by atoms with Crippen molar-refractivity contribution in [1.82, 2.24) is 5.32 Å². The molecule has 2 heterocycles. The fourth-order valence-electron chi connectivity index (χ4n) is 2.72. The third-order valence-corrected chi connectivity index (χ3v) is 4.92. The van der Waals surface area contributed by atoms with E-state index < -0.39 is 0 Å². The van der Waals surface area contributed by atoms with Gasteiger partial charge in [0.15, 0.2) is 0 Å². The minimum atomic E-state index is 0.565. The highest BCUT2D eigenvalue weighted by Crippen LogP contribution is 2.29. The summed E-state index contributed by atoms with van der Waals surface area (Å²) < 4.78 is 5.68. The number of nitrogens with one attached hydrogen (secondary N) is 1. The Hall–Kier alpha value is 0.270. The molecular formula is C12H23NOS. The van der Waals surface area contributed by atoms with Crippen molar-refractivity contribution in [2.24, 2.45) is 5.92 Å². The average molecular weight is 229 g/mol. The smallest absolute Gasteiger partial charge is 0.0576 e. The molecule has 2 nitrogen and oxygen atoms in total. The minimum Gasteiger partial charge on any atom is -0.378 e. The van der Waals surface area contributed by atoms with E-state index in [1.807, 2.05) is 0 Å². The van der Waals surface area contributed by atoms with Gasteiger partial charge in [-0.25, -0.2) is 0 Å². The number of hydrogen-bond donors (Lipinski definition) is 1. The van der Waals surface area contributed by atoms with Gasteiger partial charge in [0.25, 0.3) is 0 Å². The lowest BCUT2D eigenvalue weighted by Gasteiger charge is -2.23. The molecule has 88 valence electrons. The second-order valence-electron chi connectivity index (χ2n) is 4.73. The van der Waals surface area contributed by atoms with Gasteiger partial charge in [0.1, 0.15) is 0 Å². The highest BCUT2D eigenvalue weighted by Gasteiger charge is 2.25. The molecule has 2 rings (SSSR count). The third kappa shape index (κ3) is 3.36. The summed E-state index contributed by atoms with van der Waals surface area (Å²) in [6.07, 6.45) is 7.08. The molecular weight excluding hydrogens is 206 g/mol. The van der Waals surface area contributed by atoms with Crippen molar-refractivity contribution >= 4 is 11.8 Å². The fraction of sp³-hybridized carbons (Fsp3) is 1.00. The van der Waals surface area contributed by atoms with Crippen LogP contribution < -0.4 is 5.32 Å². The summed E-state index contributed by atoms with van der Waals surface area (Å²) in [7, 11) is 2.11. The molecule has 0 aliphatic carbocycles. The van der Waals surface area contributed by atoms with Crippen molar-refractivity contribution in [3.63, 3.8) is 0 Å². The Kier molecular flexibility index (Phi) is 4.79. The summed E-state index contributed by atoms with van der Waals surface area (Å²) in [4.78, 5) is 0. The normalized spacial score (nSPS) is 33.4. The Bertz CT molecular complexity index is 176. The molecule has 3 unspecified atom stereocenters.